The van der Waals surface area contributed by atoms with Gasteiger partial charge in [0.05, 0.1) is 17.7 Å². The number of hydrogen-bond donors (Lipinski definition) is 0. The molecule has 0 unspecified atom stereocenters. The summed E-state index contributed by atoms with van der Waals surface area (Å²) in [5, 5.41) is 0. The molecule has 0 spiro atoms. The minimum absolute atomic E-state index is 0.0660. The summed E-state index contributed by atoms with van der Waals surface area (Å²) in [5.41, 5.74) is 3.52. The highest BCUT2D eigenvalue weighted by Crippen LogP contribution is 2.47. The lowest BCUT2D eigenvalue weighted by Crippen LogP contribution is -2.58. The number of rotatable bonds is 6. The molecule has 0 saturated heterocycles. The predicted molar refractivity (Wildman–Crippen MR) is 154 cm³/mol. The van der Waals surface area contributed by atoms with E-state index in [9.17, 15) is 9.59 Å². The normalized spacial score (nSPS) is 21.1. The first kappa shape index (κ1) is 26.1. The van der Waals surface area contributed by atoms with Gasteiger partial charge in [-0.25, -0.2) is 4.99 Å². The Kier molecular flexibility index (Phi) is 6.38. The average molecular weight is 555 g/mol. The molecule has 0 saturated carbocycles. The van der Waals surface area contributed by atoms with E-state index in [1.807, 2.05) is 74.5 Å². The van der Waals surface area contributed by atoms with E-state index >= 15 is 0 Å². The molecule has 0 fully saturated rings. The third-order valence-corrected chi connectivity index (χ3v) is 8.84. The highest BCUT2D eigenvalue weighted by atomic mass is 32.1. The number of aromatic nitrogens is 1. The smallest absolute Gasteiger partial charge is 0.270 e. The number of hydrogen-bond acceptors (Lipinski definition) is 7. The summed E-state index contributed by atoms with van der Waals surface area (Å²) in [6, 6.07) is 18.8. The first-order valence-corrected chi connectivity index (χ1v) is 14.0. The Morgan fingerprint density at radius 2 is 1.93 bits per heavy atom. The number of ketones is 1. The maximum Gasteiger partial charge on any atom is 0.270 e. The van der Waals surface area contributed by atoms with Gasteiger partial charge < -0.3 is 14.2 Å². The van der Waals surface area contributed by atoms with Crippen LogP contribution in [0.1, 0.15) is 47.7 Å². The van der Waals surface area contributed by atoms with Crippen molar-refractivity contribution in [3.05, 3.63) is 108 Å². The van der Waals surface area contributed by atoms with Gasteiger partial charge >= 0.3 is 0 Å². The fourth-order valence-electron chi connectivity index (χ4n) is 5.74. The molecule has 1 aromatic heterocycles. The van der Waals surface area contributed by atoms with Gasteiger partial charge in [0.1, 0.15) is 35.6 Å². The van der Waals surface area contributed by atoms with Crippen molar-refractivity contribution in [1.29, 1.82) is 0 Å². The van der Waals surface area contributed by atoms with Crippen LogP contribution in [-0.4, -0.2) is 23.2 Å². The second-order valence-electron chi connectivity index (χ2n) is 10.5. The maximum absolute atomic E-state index is 13.9. The highest BCUT2D eigenvalue weighted by Gasteiger charge is 2.53. The fourth-order valence-corrected chi connectivity index (χ4v) is 6.84. The molecule has 8 heteroatoms. The number of ether oxygens (including phenoxy) is 3. The average Bonchev–Trinajstić information content (AvgIpc) is 3.22. The minimum Gasteiger partial charge on any atom is -0.496 e. The van der Waals surface area contributed by atoms with Crippen molar-refractivity contribution in [1.82, 2.24) is 4.57 Å². The Labute approximate surface area is 236 Å². The third-order valence-electron chi connectivity index (χ3n) is 7.86. The van der Waals surface area contributed by atoms with E-state index in [1.54, 1.807) is 11.7 Å². The molecule has 0 aliphatic carbocycles. The molecule has 3 atom stereocenters. The van der Waals surface area contributed by atoms with Gasteiger partial charge in [-0.3, -0.25) is 14.2 Å². The molecule has 7 nitrogen and oxygen atoms in total. The number of fused-ring (bicyclic) bond motifs is 6. The van der Waals surface area contributed by atoms with Crippen LogP contribution in [0, 0.1) is 19.8 Å². The standard InChI is InChI=1S/C32H30N2O5S/c1-18-9-8-12-24(19(18)2)38-17-22-15-21(13-14-25(22)37-5)16-27-30(36)34-29-23-10-6-7-11-26(23)39-32(4,28(29)20(3)35)33-31(34)40-27/h6-16,28-29H,17H2,1-5H3/b27-16+/t28-,29+,32-/m1/s1. The summed E-state index contributed by atoms with van der Waals surface area (Å²) in [6.45, 7) is 7.78. The van der Waals surface area contributed by atoms with Crippen LogP contribution >= 0.6 is 11.3 Å². The number of benzene rings is 3. The Morgan fingerprint density at radius 1 is 1.12 bits per heavy atom. The number of Topliss-reactive ketones (excluding diaryl/α,β-unsaturated/α-hetero) is 1. The SMILES string of the molecule is COc1ccc(/C=c2/sc3n(c2=O)[C@H]2c4ccccc4O[C@@](C)(N=3)[C@@H]2C(C)=O)cc1COc1cccc(C)c1C. The summed E-state index contributed by atoms with van der Waals surface area (Å²) in [6.07, 6.45) is 1.86. The Morgan fingerprint density at radius 3 is 2.70 bits per heavy atom. The fraction of sp³-hybridized carbons (Fsp3) is 0.281. The third kappa shape index (κ3) is 4.23. The summed E-state index contributed by atoms with van der Waals surface area (Å²) < 4.78 is 20.2. The minimum atomic E-state index is -1.09. The Balaban J connectivity index is 1.43. The topological polar surface area (TPSA) is 79.1 Å². The number of aryl methyl sites for hydroxylation is 1. The number of carbonyl (C=O) groups excluding carboxylic acids is 1. The van der Waals surface area contributed by atoms with Crippen molar-refractivity contribution in [2.45, 2.75) is 46.1 Å². The summed E-state index contributed by atoms with van der Waals surface area (Å²) in [5.74, 6) is 1.51. The van der Waals surface area contributed by atoms with Gasteiger partial charge in [-0.2, -0.15) is 0 Å². The van der Waals surface area contributed by atoms with Gasteiger partial charge in [0.15, 0.2) is 4.80 Å². The molecule has 3 heterocycles. The van der Waals surface area contributed by atoms with E-state index in [0.29, 0.717) is 27.4 Å². The Hall–Kier alpha value is -4.17. The molecule has 204 valence electrons. The van der Waals surface area contributed by atoms with Crippen molar-refractivity contribution >= 4 is 23.2 Å². The van der Waals surface area contributed by atoms with Gasteiger partial charge in [0, 0.05) is 11.1 Å². The van der Waals surface area contributed by atoms with Gasteiger partial charge in [-0.15, -0.1) is 0 Å². The van der Waals surface area contributed by atoms with Gasteiger partial charge in [0.2, 0.25) is 5.72 Å². The van der Waals surface area contributed by atoms with Crippen LogP contribution in [0.2, 0.25) is 0 Å². The lowest BCUT2D eigenvalue weighted by atomic mass is 9.79. The first-order valence-electron chi connectivity index (χ1n) is 13.2. The summed E-state index contributed by atoms with van der Waals surface area (Å²) >= 11 is 1.30. The van der Waals surface area contributed by atoms with Crippen molar-refractivity contribution in [3.63, 3.8) is 0 Å². The molecular formula is C32H30N2O5S. The molecule has 2 aliphatic heterocycles. The first-order chi connectivity index (χ1) is 19.2. The second-order valence-corrected chi connectivity index (χ2v) is 11.5. The zero-order valence-corrected chi connectivity index (χ0v) is 23.9. The number of thiazole rings is 1. The van der Waals surface area contributed by atoms with Crippen LogP contribution in [0.15, 0.2) is 70.5 Å². The molecule has 4 aromatic rings. The largest absolute Gasteiger partial charge is 0.496 e. The Bertz CT molecular complexity index is 1840. The second kappa shape index (κ2) is 9.78. The molecule has 6 rings (SSSR count). The zero-order chi connectivity index (χ0) is 28.2. The van der Waals surface area contributed by atoms with Gasteiger partial charge in [0.25, 0.3) is 5.56 Å². The van der Waals surface area contributed by atoms with Crippen molar-refractivity contribution < 1.29 is 19.0 Å². The lowest BCUT2D eigenvalue weighted by molar-refractivity contribution is -0.132. The quantitative estimate of drug-likeness (QED) is 0.351. The van der Waals surface area contributed by atoms with E-state index in [-0.39, 0.29) is 11.3 Å². The maximum atomic E-state index is 13.9. The molecule has 3 aromatic carbocycles. The number of methoxy groups -OCH3 is 1. The van der Waals surface area contributed by atoms with Crippen molar-refractivity contribution in [2.75, 3.05) is 7.11 Å². The van der Waals surface area contributed by atoms with Crippen LogP contribution < -0.4 is 29.1 Å². The van der Waals surface area contributed by atoms with Gasteiger partial charge in [-0.05, 0) is 74.7 Å². The van der Waals surface area contributed by atoms with Crippen LogP contribution in [0.4, 0.5) is 0 Å². The van der Waals surface area contributed by atoms with Crippen LogP contribution in [0.5, 0.6) is 17.2 Å². The van der Waals surface area contributed by atoms with E-state index in [4.69, 9.17) is 19.2 Å². The van der Waals surface area contributed by atoms with E-state index < -0.39 is 17.7 Å². The molecule has 0 radical (unpaired) electrons. The van der Waals surface area contributed by atoms with Crippen LogP contribution in [0.3, 0.4) is 0 Å². The molecule has 0 N–H and O–H groups in total. The zero-order valence-electron chi connectivity index (χ0n) is 23.1. The van der Waals surface area contributed by atoms with E-state index in [1.165, 1.54) is 18.3 Å². The van der Waals surface area contributed by atoms with Gasteiger partial charge in [-0.1, -0.05) is 47.7 Å². The lowest BCUT2D eigenvalue weighted by Gasteiger charge is -2.45. The van der Waals surface area contributed by atoms with E-state index in [2.05, 4.69) is 13.0 Å². The summed E-state index contributed by atoms with van der Waals surface area (Å²) in [7, 11) is 1.63. The number of nitrogens with zero attached hydrogens (tertiary/aromatic N) is 2. The predicted octanol–water partition coefficient (Wildman–Crippen LogP) is 4.48. The monoisotopic (exact) mass is 554 g/mol. The molecule has 40 heavy (non-hydrogen) atoms. The highest BCUT2D eigenvalue weighted by molar-refractivity contribution is 7.07. The molecule has 0 amide bonds. The van der Waals surface area contributed by atoms with Crippen molar-refractivity contribution in [3.8, 4) is 17.2 Å². The van der Waals surface area contributed by atoms with Crippen LogP contribution in [-0.2, 0) is 11.4 Å². The number of carbonyl (C=O) groups is 1. The molecular weight excluding hydrogens is 524 g/mol. The number of para-hydroxylation sites is 1. The van der Waals surface area contributed by atoms with Crippen LogP contribution in [0.25, 0.3) is 6.08 Å². The van der Waals surface area contributed by atoms with Crippen molar-refractivity contribution in [2.24, 2.45) is 10.9 Å². The molecule has 2 aliphatic rings. The summed E-state index contributed by atoms with van der Waals surface area (Å²) in [4.78, 5) is 32.1. The van der Waals surface area contributed by atoms with E-state index in [0.717, 1.165) is 33.6 Å². The molecule has 2 bridgehead atoms.